The van der Waals surface area contributed by atoms with Gasteiger partial charge in [0.1, 0.15) is 0 Å². The van der Waals surface area contributed by atoms with Gasteiger partial charge in [0, 0.05) is 30.0 Å². The maximum Gasteiger partial charge on any atom is 0.336 e. The largest absolute Gasteiger partial charge is 0.478 e. The second kappa shape index (κ2) is 5.88. The van der Waals surface area contributed by atoms with Crippen molar-refractivity contribution in [3.05, 3.63) is 29.8 Å². The Hall–Kier alpha value is -1.82. The first-order chi connectivity index (χ1) is 9.09. The highest BCUT2D eigenvalue weighted by Gasteiger charge is 2.28. The molecule has 5 nitrogen and oxygen atoms in total. The van der Waals surface area contributed by atoms with Crippen LogP contribution < -0.4 is 0 Å². The lowest BCUT2D eigenvalue weighted by molar-refractivity contribution is -0.137. The van der Waals surface area contributed by atoms with Crippen molar-refractivity contribution in [1.29, 1.82) is 0 Å². The zero-order chi connectivity index (χ0) is 13.8. The number of carbonyl (C=O) groups excluding carboxylic acids is 2. The molecule has 1 saturated heterocycles. The summed E-state index contributed by atoms with van der Waals surface area (Å²) in [6.45, 7) is 0.330. The van der Waals surface area contributed by atoms with E-state index >= 15 is 0 Å². The minimum absolute atomic E-state index is 0.142. The second-order valence-corrected chi connectivity index (χ2v) is 5.23. The molecule has 0 spiro atoms. The zero-order valence-electron chi connectivity index (χ0n) is 10.2. The van der Waals surface area contributed by atoms with Gasteiger partial charge in [-0.15, -0.1) is 11.8 Å². The number of benzene rings is 1. The number of hydrogen-bond donors (Lipinski definition) is 1. The van der Waals surface area contributed by atoms with Crippen molar-refractivity contribution < 1.29 is 19.5 Å². The lowest BCUT2D eigenvalue weighted by Crippen LogP contribution is -2.31. The molecule has 100 valence electrons. The van der Waals surface area contributed by atoms with Crippen LogP contribution in [-0.2, 0) is 9.59 Å². The minimum atomic E-state index is -0.976. The summed E-state index contributed by atoms with van der Waals surface area (Å²) in [5.41, 5.74) is 0.242. The first-order valence-electron chi connectivity index (χ1n) is 5.88. The molecule has 0 atom stereocenters. The minimum Gasteiger partial charge on any atom is -0.478 e. The highest BCUT2D eigenvalue weighted by molar-refractivity contribution is 7.99. The average Bonchev–Trinajstić information content (AvgIpc) is 2.70. The van der Waals surface area contributed by atoms with E-state index in [2.05, 4.69) is 0 Å². The number of amides is 2. The molecule has 1 aliphatic rings. The number of carbonyl (C=O) groups is 3. The molecule has 1 fully saturated rings. The maximum atomic E-state index is 11.4. The van der Waals surface area contributed by atoms with Crippen molar-refractivity contribution in [2.75, 3.05) is 12.3 Å². The first-order valence-corrected chi connectivity index (χ1v) is 6.86. The Kier molecular flexibility index (Phi) is 4.21. The van der Waals surface area contributed by atoms with Gasteiger partial charge in [-0.05, 0) is 12.1 Å². The number of carboxylic acids is 1. The number of likely N-dealkylation sites (tertiary alicyclic amines) is 1. The summed E-state index contributed by atoms with van der Waals surface area (Å²) in [6.07, 6.45) is 0.574. The highest BCUT2D eigenvalue weighted by Crippen LogP contribution is 2.23. The Balaban J connectivity index is 1.94. The fraction of sp³-hybridized carbons (Fsp3) is 0.308. The van der Waals surface area contributed by atoms with Crippen molar-refractivity contribution in [2.45, 2.75) is 17.7 Å². The Morgan fingerprint density at radius 2 is 1.84 bits per heavy atom. The van der Waals surface area contributed by atoms with Crippen LogP contribution in [0.1, 0.15) is 23.2 Å². The number of imide groups is 1. The van der Waals surface area contributed by atoms with Crippen LogP contribution in [0.25, 0.3) is 0 Å². The summed E-state index contributed by atoms with van der Waals surface area (Å²) in [6, 6.07) is 6.69. The molecule has 1 heterocycles. The van der Waals surface area contributed by atoms with Crippen molar-refractivity contribution >= 4 is 29.5 Å². The van der Waals surface area contributed by atoms with Gasteiger partial charge in [0.25, 0.3) is 0 Å². The van der Waals surface area contributed by atoms with E-state index < -0.39 is 5.97 Å². The third-order valence-corrected chi connectivity index (χ3v) is 3.90. The summed E-state index contributed by atoms with van der Waals surface area (Å²) < 4.78 is 0. The molecule has 1 aromatic rings. The van der Waals surface area contributed by atoms with Crippen LogP contribution in [0, 0.1) is 0 Å². The van der Waals surface area contributed by atoms with E-state index in [0.29, 0.717) is 17.2 Å². The number of hydrogen-bond acceptors (Lipinski definition) is 4. The SMILES string of the molecule is O=C(O)c1ccccc1SCCN1C(=O)CCC1=O. The summed E-state index contributed by atoms with van der Waals surface area (Å²) in [7, 11) is 0. The molecule has 0 saturated carbocycles. The summed E-state index contributed by atoms with van der Waals surface area (Å²) in [5, 5.41) is 9.03. The van der Waals surface area contributed by atoms with Crippen LogP contribution in [0.2, 0.25) is 0 Å². The topological polar surface area (TPSA) is 74.7 Å². The van der Waals surface area contributed by atoms with Crippen LogP contribution in [-0.4, -0.2) is 40.1 Å². The summed E-state index contributed by atoms with van der Waals surface area (Å²) >= 11 is 1.34. The molecule has 0 unspecified atom stereocenters. The van der Waals surface area contributed by atoms with Gasteiger partial charge in [0.2, 0.25) is 11.8 Å². The second-order valence-electron chi connectivity index (χ2n) is 4.09. The van der Waals surface area contributed by atoms with Crippen molar-refractivity contribution in [2.24, 2.45) is 0 Å². The van der Waals surface area contributed by atoms with Gasteiger partial charge in [0.15, 0.2) is 0 Å². The number of carboxylic acid groups (broad SMARTS) is 1. The van der Waals surface area contributed by atoms with E-state index in [1.807, 2.05) is 0 Å². The van der Waals surface area contributed by atoms with E-state index in [1.54, 1.807) is 18.2 Å². The van der Waals surface area contributed by atoms with Crippen LogP contribution in [0.5, 0.6) is 0 Å². The number of aromatic carboxylic acids is 1. The van der Waals surface area contributed by atoms with Crippen molar-refractivity contribution in [3.63, 3.8) is 0 Å². The Bertz CT molecular complexity index is 513. The van der Waals surface area contributed by atoms with Gasteiger partial charge in [-0.1, -0.05) is 12.1 Å². The first kappa shape index (κ1) is 13.6. The molecular formula is C13H13NO4S. The fourth-order valence-corrected chi connectivity index (χ4v) is 2.87. The smallest absolute Gasteiger partial charge is 0.336 e. The Labute approximate surface area is 114 Å². The standard InChI is InChI=1S/C13H13NO4S/c15-11-5-6-12(16)14(11)7-8-19-10-4-2-1-3-9(10)13(17)18/h1-4H,5-8H2,(H,17,18). The van der Waals surface area contributed by atoms with E-state index in [1.165, 1.54) is 22.7 Å². The van der Waals surface area contributed by atoms with Crippen LogP contribution in [0.3, 0.4) is 0 Å². The summed E-state index contributed by atoms with van der Waals surface area (Å²) in [5.74, 6) is -0.757. The van der Waals surface area contributed by atoms with E-state index in [0.717, 1.165) is 0 Å². The fourth-order valence-electron chi connectivity index (χ4n) is 1.89. The van der Waals surface area contributed by atoms with Gasteiger partial charge >= 0.3 is 5.97 Å². The van der Waals surface area contributed by atoms with Gasteiger partial charge in [0.05, 0.1) is 5.56 Å². The van der Waals surface area contributed by atoms with Crippen LogP contribution in [0.4, 0.5) is 0 Å². The van der Waals surface area contributed by atoms with Gasteiger partial charge in [-0.3, -0.25) is 14.5 Å². The Morgan fingerprint density at radius 3 is 2.47 bits per heavy atom. The average molecular weight is 279 g/mol. The molecule has 19 heavy (non-hydrogen) atoms. The predicted molar refractivity (Wildman–Crippen MR) is 70.1 cm³/mol. The zero-order valence-corrected chi connectivity index (χ0v) is 11.0. The van der Waals surface area contributed by atoms with Crippen molar-refractivity contribution in [3.8, 4) is 0 Å². The monoisotopic (exact) mass is 279 g/mol. The molecule has 1 N–H and O–H groups in total. The lowest BCUT2D eigenvalue weighted by atomic mass is 10.2. The molecule has 6 heteroatoms. The van der Waals surface area contributed by atoms with E-state index in [9.17, 15) is 14.4 Å². The molecule has 0 radical (unpaired) electrons. The number of nitrogens with zero attached hydrogens (tertiary/aromatic N) is 1. The van der Waals surface area contributed by atoms with Crippen LogP contribution in [0.15, 0.2) is 29.2 Å². The maximum absolute atomic E-state index is 11.4. The molecule has 1 aliphatic heterocycles. The molecule has 0 aromatic heterocycles. The normalized spacial score (nSPS) is 15.1. The predicted octanol–water partition coefficient (Wildman–Crippen LogP) is 1.63. The van der Waals surface area contributed by atoms with Gasteiger partial charge < -0.3 is 5.11 Å². The third kappa shape index (κ3) is 3.14. The van der Waals surface area contributed by atoms with E-state index in [4.69, 9.17) is 5.11 Å². The quantitative estimate of drug-likeness (QED) is 0.655. The number of rotatable bonds is 5. The van der Waals surface area contributed by atoms with Gasteiger partial charge in [-0.25, -0.2) is 4.79 Å². The molecule has 0 bridgehead atoms. The third-order valence-electron chi connectivity index (χ3n) is 2.84. The Morgan fingerprint density at radius 1 is 1.21 bits per heavy atom. The molecule has 0 aliphatic carbocycles. The van der Waals surface area contributed by atoms with Gasteiger partial charge in [-0.2, -0.15) is 0 Å². The van der Waals surface area contributed by atoms with E-state index in [-0.39, 0.29) is 30.2 Å². The highest BCUT2D eigenvalue weighted by atomic mass is 32.2. The summed E-state index contributed by atoms with van der Waals surface area (Å²) in [4.78, 5) is 35.7. The molecule has 1 aromatic carbocycles. The molecule has 2 rings (SSSR count). The lowest BCUT2D eigenvalue weighted by Gasteiger charge is -2.13. The van der Waals surface area contributed by atoms with Crippen LogP contribution >= 0.6 is 11.8 Å². The molecular weight excluding hydrogens is 266 g/mol. The molecule has 2 amide bonds. The number of thioether (sulfide) groups is 1. The van der Waals surface area contributed by atoms with Crippen molar-refractivity contribution in [1.82, 2.24) is 4.90 Å².